The summed E-state index contributed by atoms with van der Waals surface area (Å²) in [4.78, 5) is 0. The molecule has 0 fully saturated rings. The zero-order valence-corrected chi connectivity index (χ0v) is 47.5. The molecule has 86 heavy (non-hydrogen) atoms. The highest BCUT2D eigenvalue weighted by atomic mass is 32.1. The highest BCUT2D eigenvalue weighted by molar-refractivity contribution is 7.26. The summed E-state index contributed by atoms with van der Waals surface area (Å²) >= 11 is 1.88. The molecule has 0 bridgehead atoms. The molecule has 3 heterocycles. The summed E-state index contributed by atoms with van der Waals surface area (Å²) in [5.74, 6) is 0.821. The van der Waals surface area contributed by atoms with Crippen molar-refractivity contribution in [2.45, 2.75) is 10.8 Å². The molecule has 0 unspecified atom stereocenters. The van der Waals surface area contributed by atoms with Gasteiger partial charge in [0.25, 0.3) is 0 Å². The monoisotopic (exact) mass is 1110 g/mol. The van der Waals surface area contributed by atoms with Crippen molar-refractivity contribution in [3.63, 3.8) is 0 Å². The number of benzene rings is 13. The van der Waals surface area contributed by atoms with Crippen LogP contribution in [-0.2, 0) is 10.8 Å². The van der Waals surface area contributed by atoms with Crippen LogP contribution < -0.4 is 0 Å². The van der Waals surface area contributed by atoms with E-state index < -0.39 is 10.8 Å². The van der Waals surface area contributed by atoms with Crippen LogP contribution in [-0.4, -0.2) is 14.6 Å². The smallest absolute Gasteiger partial charge is 0.169 e. The lowest BCUT2D eigenvalue weighted by molar-refractivity contribution is 0.769. The quantitative estimate of drug-likeness (QED) is 0.142. The molecular formula is C82H51N3S. The van der Waals surface area contributed by atoms with E-state index in [2.05, 4.69) is 314 Å². The Morgan fingerprint density at radius 3 is 1.28 bits per heavy atom. The second-order valence-electron chi connectivity index (χ2n) is 23.1. The summed E-state index contributed by atoms with van der Waals surface area (Å²) in [6.45, 7) is 0. The maximum absolute atomic E-state index is 4.92. The second-order valence-corrected chi connectivity index (χ2v) is 24.2. The van der Waals surface area contributed by atoms with E-state index in [-0.39, 0.29) is 0 Å². The van der Waals surface area contributed by atoms with Gasteiger partial charge in [-0.25, -0.2) is 0 Å². The Bertz CT molecular complexity index is 5310. The molecule has 3 aromatic heterocycles. The molecule has 13 aromatic carbocycles. The lowest BCUT2D eigenvalue weighted by atomic mass is 9.67. The first-order valence-electron chi connectivity index (χ1n) is 29.6. The molecule has 0 N–H and O–H groups in total. The Labute approximate surface area is 502 Å². The standard InChI is InChI=1S/C82H51N3S/c1-5-21-58(22-6-1)81(59-23-7-2-8-24-59)72-34-18-15-30-63(72)65-44-41-55(50-74(65)81)54-43-46-77-70(47-54)71-49-57(56-42-45-66-64-31-16-19-35-73(64)82(75(66)51-56,60-25-9-3-10-26-60)61-27-11-4-12-28-61)48-69(78(71)86-77)52-37-39-53(40-38-52)79-83-84-80-68-33-14-13-29-62(68)67-32-17-20-36-76(67)85(79)80/h1-51H. The molecule has 0 amide bonds. The number of aromatic nitrogens is 3. The van der Waals surface area contributed by atoms with Crippen LogP contribution in [0.2, 0.25) is 0 Å². The fourth-order valence-electron chi connectivity index (χ4n) is 15.2. The van der Waals surface area contributed by atoms with Crippen LogP contribution in [0.15, 0.2) is 309 Å². The summed E-state index contributed by atoms with van der Waals surface area (Å²) in [6, 6.07) is 115. The number of fused-ring (bicyclic) bond motifs is 15. The van der Waals surface area contributed by atoms with Crippen LogP contribution in [0, 0.1) is 0 Å². The van der Waals surface area contributed by atoms with Gasteiger partial charge in [0.05, 0.1) is 16.3 Å². The van der Waals surface area contributed by atoms with Crippen molar-refractivity contribution in [3.05, 3.63) is 354 Å². The second kappa shape index (κ2) is 18.9. The van der Waals surface area contributed by atoms with Crippen molar-refractivity contribution in [1.82, 2.24) is 14.6 Å². The lowest BCUT2D eigenvalue weighted by Gasteiger charge is -2.34. The van der Waals surface area contributed by atoms with E-state index in [1.54, 1.807) is 0 Å². The highest BCUT2D eigenvalue weighted by Gasteiger charge is 2.47. The zero-order chi connectivity index (χ0) is 56.5. The normalized spacial score (nSPS) is 13.5. The van der Waals surface area contributed by atoms with E-state index in [0.717, 1.165) is 33.5 Å². The maximum Gasteiger partial charge on any atom is 0.169 e. The third-order valence-electron chi connectivity index (χ3n) is 18.9. The number of para-hydroxylation sites is 1. The molecule has 0 radical (unpaired) electrons. The first kappa shape index (κ1) is 48.7. The minimum atomic E-state index is -0.531. The van der Waals surface area contributed by atoms with Gasteiger partial charge in [0.2, 0.25) is 0 Å². The molecule has 18 rings (SSSR count). The van der Waals surface area contributed by atoms with Crippen molar-refractivity contribution < 1.29 is 0 Å². The number of rotatable bonds is 8. The summed E-state index contributed by atoms with van der Waals surface area (Å²) < 4.78 is 4.74. The Morgan fingerprint density at radius 1 is 0.267 bits per heavy atom. The van der Waals surface area contributed by atoms with Crippen LogP contribution in [0.4, 0.5) is 0 Å². The Balaban J connectivity index is 0.846. The van der Waals surface area contributed by atoms with Gasteiger partial charge in [-0.3, -0.25) is 4.40 Å². The average molecular weight is 1110 g/mol. The van der Waals surface area contributed by atoms with Crippen molar-refractivity contribution in [1.29, 1.82) is 0 Å². The predicted molar refractivity (Wildman–Crippen MR) is 357 cm³/mol. The van der Waals surface area contributed by atoms with E-state index in [4.69, 9.17) is 10.2 Å². The van der Waals surface area contributed by atoms with Crippen molar-refractivity contribution in [2.24, 2.45) is 0 Å². The van der Waals surface area contributed by atoms with Crippen LogP contribution in [0.1, 0.15) is 44.5 Å². The van der Waals surface area contributed by atoms with Crippen LogP contribution in [0.25, 0.3) is 115 Å². The molecule has 4 heteroatoms. The van der Waals surface area contributed by atoms with Crippen molar-refractivity contribution in [3.8, 4) is 67.0 Å². The van der Waals surface area contributed by atoms with E-state index in [1.807, 2.05) is 11.3 Å². The maximum atomic E-state index is 4.92. The lowest BCUT2D eigenvalue weighted by Crippen LogP contribution is -2.28. The summed E-state index contributed by atoms with van der Waals surface area (Å²) in [5.41, 5.74) is 24.3. The molecule has 0 spiro atoms. The molecule has 2 aliphatic rings. The average Bonchev–Trinajstić information content (AvgIpc) is 1.68. The van der Waals surface area contributed by atoms with Crippen molar-refractivity contribution >= 4 is 58.8 Å². The third kappa shape index (κ3) is 6.90. The van der Waals surface area contributed by atoms with Gasteiger partial charge in [0.15, 0.2) is 11.5 Å². The molecule has 0 atom stereocenters. The summed E-state index contributed by atoms with van der Waals surface area (Å²) in [7, 11) is 0. The van der Waals surface area contributed by atoms with Crippen LogP contribution >= 0.6 is 11.3 Å². The fourth-order valence-corrected chi connectivity index (χ4v) is 16.4. The van der Waals surface area contributed by atoms with Gasteiger partial charge in [-0.15, -0.1) is 21.5 Å². The van der Waals surface area contributed by atoms with E-state index in [0.29, 0.717) is 0 Å². The van der Waals surface area contributed by atoms with Crippen LogP contribution in [0.3, 0.4) is 0 Å². The first-order chi connectivity index (χ1) is 42.6. The van der Waals surface area contributed by atoms with E-state index in [9.17, 15) is 0 Å². The zero-order valence-electron chi connectivity index (χ0n) is 46.7. The third-order valence-corrected chi connectivity index (χ3v) is 20.1. The van der Waals surface area contributed by atoms with Crippen molar-refractivity contribution in [2.75, 3.05) is 0 Å². The molecule has 3 nitrogen and oxygen atoms in total. The fraction of sp³-hybridized carbons (Fsp3) is 0.0244. The topological polar surface area (TPSA) is 30.2 Å². The molecule has 2 aliphatic carbocycles. The van der Waals surface area contributed by atoms with E-state index >= 15 is 0 Å². The molecule has 400 valence electrons. The van der Waals surface area contributed by atoms with Gasteiger partial charge < -0.3 is 0 Å². The number of thiophene rings is 1. The SMILES string of the molecule is c1ccc(C2(c3ccccc3)c3ccccc3-c3ccc(-c4ccc5sc6c(-c7ccc(-c8nnc9c%10ccccc%10c%10ccccc%10n89)cc7)cc(-c7ccc8c(c7)C(c7ccccc7)(c7ccccc7)c7ccccc7-8)cc6c5c4)cc32)cc1. The molecule has 0 aliphatic heterocycles. The molecule has 0 saturated heterocycles. The Hall–Kier alpha value is -10.8. The minimum absolute atomic E-state index is 0.498. The summed E-state index contributed by atoms with van der Waals surface area (Å²) in [6.07, 6.45) is 0. The van der Waals surface area contributed by atoms with Gasteiger partial charge in [0.1, 0.15) is 0 Å². The van der Waals surface area contributed by atoms with Gasteiger partial charge in [-0.2, -0.15) is 0 Å². The predicted octanol–water partition coefficient (Wildman–Crippen LogP) is 20.8. The summed E-state index contributed by atoms with van der Waals surface area (Å²) in [5, 5.41) is 15.7. The van der Waals surface area contributed by atoms with Gasteiger partial charge in [-0.05, 0) is 142 Å². The largest absolute Gasteiger partial charge is 0.274 e. The minimum Gasteiger partial charge on any atom is -0.274 e. The van der Waals surface area contributed by atoms with Gasteiger partial charge in [-0.1, -0.05) is 267 Å². The molecular weight excluding hydrogens is 1060 g/mol. The Morgan fingerprint density at radius 2 is 0.698 bits per heavy atom. The molecule has 0 saturated carbocycles. The van der Waals surface area contributed by atoms with Gasteiger partial charge in [0, 0.05) is 42.1 Å². The number of hydrogen-bond donors (Lipinski definition) is 0. The van der Waals surface area contributed by atoms with Gasteiger partial charge >= 0.3 is 0 Å². The number of nitrogens with zero attached hydrogens (tertiary/aromatic N) is 3. The molecule has 16 aromatic rings. The van der Waals surface area contributed by atoms with E-state index in [1.165, 1.54) is 126 Å². The highest BCUT2D eigenvalue weighted by Crippen LogP contribution is 2.59. The number of pyridine rings is 1. The number of hydrogen-bond acceptors (Lipinski definition) is 3. The Kier molecular flexibility index (Phi) is 10.7. The first-order valence-corrected chi connectivity index (χ1v) is 30.4. The van der Waals surface area contributed by atoms with Crippen LogP contribution in [0.5, 0.6) is 0 Å².